The van der Waals surface area contributed by atoms with Crippen LogP contribution < -0.4 is 11.5 Å². The first kappa shape index (κ1) is 25.5. The van der Waals surface area contributed by atoms with E-state index in [0.29, 0.717) is 0 Å². The second kappa shape index (κ2) is 14.5. The predicted molar refractivity (Wildman–Crippen MR) is 139 cm³/mol. The van der Waals surface area contributed by atoms with Gasteiger partial charge in [-0.2, -0.15) is 0 Å². The summed E-state index contributed by atoms with van der Waals surface area (Å²) in [5.41, 5.74) is 17.8. The van der Waals surface area contributed by atoms with E-state index in [0.717, 1.165) is 24.2 Å². The molecule has 31 heavy (non-hydrogen) atoms. The van der Waals surface area contributed by atoms with Gasteiger partial charge in [-0.05, 0) is 59.4 Å². The van der Waals surface area contributed by atoms with Gasteiger partial charge in [-0.3, -0.25) is 0 Å². The topological polar surface area (TPSA) is 52.0 Å². The molecular weight excluding hydrogens is 376 g/mol. The third-order valence-electron chi connectivity index (χ3n) is 4.66. The van der Waals surface area contributed by atoms with E-state index in [1.165, 1.54) is 22.3 Å². The summed E-state index contributed by atoms with van der Waals surface area (Å²) in [6.07, 6.45) is 2.21. The summed E-state index contributed by atoms with van der Waals surface area (Å²) in [4.78, 5) is 0. The Morgan fingerprint density at radius 1 is 0.452 bits per heavy atom. The molecule has 0 aromatic heterocycles. The Labute approximate surface area is 188 Å². The second-order valence-electron chi connectivity index (χ2n) is 6.92. The second-order valence-corrected chi connectivity index (χ2v) is 6.92. The van der Waals surface area contributed by atoms with Gasteiger partial charge in [0.2, 0.25) is 0 Å². The fraction of sp³-hybridized carbons (Fsp3) is 0.172. The average Bonchev–Trinajstić information content (AvgIpc) is 2.81. The number of rotatable bonds is 3. The minimum absolute atomic E-state index is 0. The van der Waals surface area contributed by atoms with Crippen molar-refractivity contribution in [1.82, 2.24) is 0 Å². The van der Waals surface area contributed by atoms with E-state index in [1.54, 1.807) is 0 Å². The Bertz CT molecular complexity index is 862. The van der Waals surface area contributed by atoms with Crippen LogP contribution in [0.15, 0.2) is 109 Å². The molecule has 0 saturated heterocycles. The van der Waals surface area contributed by atoms with Crippen molar-refractivity contribution in [3.05, 3.63) is 120 Å². The highest BCUT2D eigenvalue weighted by Gasteiger charge is 1.97. The number of anilines is 2. The lowest BCUT2D eigenvalue weighted by atomic mass is 10.0. The minimum Gasteiger partial charge on any atom is -0.399 e. The molecule has 0 unspecified atom stereocenters. The number of hydrogen-bond acceptors (Lipinski definition) is 2. The lowest BCUT2D eigenvalue weighted by Gasteiger charge is -2.04. The van der Waals surface area contributed by atoms with Crippen molar-refractivity contribution in [2.45, 2.75) is 34.1 Å². The van der Waals surface area contributed by atoms with Crippen molar-refractivity contribution < 1.29 is 0 Å². The van der Waals surface area contributed by atoms with Crippen LogP contribution in [0.25, 0.3) is 11.1 Å². The van der Waals surface area contributed by atoms with Crippen molar-refractivity contribution in [3.63, 3.8) is 0 Å². The minimum atomic E-state index is 0. The van der Waals surface area contributed by atoms with E-state index in [-0.39, 0.29) is 7.43 Å². The molecule has 2 heteroatoms. The SMILES string of the molecule is C.CCc1ccc(-c2ccc(CC)cc2)cc1.Nc1ccccc1.Nc1ccccc1. The van der Waals surface area contributed by atoms with Crippen molar-refractivity contribution in [2.75, 3.05) is 11.5 Å². The Morgan fingerprint density at radius 2 is 0.742 bits per heavy atom. The Hall–Kier alpha value is -3.52. The number of para-hydroxylation sites is 2. The van der Waals surface area contributed by atoms with Gasteiger partial charge in [-0.15, -0.1) is 0 Å². The third kappa shape index (κ3) is 9.68. The van der Waals surface area contributed by atoms with E-state index in [9.17, 15) is 0 Å². The molecule has 0 atom stereocenters. The maximum Gasteiger partial charge on any atom is 0.0313 e. The number of nitrogens with two attached hydrogens (primary N) is 2. The van der Waals surface area contributed by atoms with Gasteiger partial charge < -0.3 is 11.5 Å². The van der Waals surface area contributed by atoms with Crippen LogP contribution in [0.1, 0.15) is 32.4 Å². The van der Waals surface area contributed by atoms with Gasteiger partial charge in [0.05, 0.1) is 0 Å². The maximum atomic E-state index is 5.36. The van der Waals surface area contributed by atoms with Gasteiger partial charge in [0, 0.05) is 11.4 Å². The molecule has 0 spiro atoms. The first-order chi connectivity index (χ1) is 14.6. The maximum absolute atomic E-state index is 5.36. The Morgan fingerprint density at radius 3 is 0.935 bits per heavy atom. The highest BCUT2D eigenvalue weighted by atomic mass is 14.5. The summed E-state index contributed by atoms with van der Waals surface area (Å²) < 4.78 is 0. The molecule has 4 N–H and O–H groups in total. The molecule has 0 aliphatic rings. The molecular formula is C29H36N2. The molecule has 0 aliphatic heterocycles. The Kier molecular flexibility index (Phi) is 11.9. The van der Waals surface area contributed by atoms with E-state index in [2.05, 4.69) is 62.4 Å². The molecule has 4 aromatic rings. The van der Waals surface area contributed by atoms with Crippen LogP contribution in [0, 0.1) is 0 Å². The highest BCUT2D eigenvalue weighted by Crippen LogP contribution is 2.20. The molecule has 4 rings (SSSR count). The van der Waals surface area contributed by atoms with Gasteiger partial charge in [-0.1, -0.05) is 106 Å². The summed E-state index contributed by atoms with van der Waals surface area (Å²) in [6, 6.07) is 36.7. The van der Waals surface area contributed by atoms with Gasteiger partial charge in [0.1, 0.15) is 0 Å². The van der Waals surface area contributed by atoms with Crippen LogP contribution in [0.2, 0.25) is 0 Å². The molecule has 0 saturated carbocycles. The summed E-state index contributed by atoms with van der Waals surface area (Å²) >= 11 is 0. The van der Waals surface area contributed by atoms with Crippen LogP contribution in [0.4, 0.5) is 11.4 Å². The Balaban J connectivity index is 0.000000266. The standard InChI is InChI=1S/C16H18.2C6H7N.CH4/c1-3-13-5-9-15(10-6-13)16-11-7-14(4-2)8-12-16;2*7-6-4-2-1-3-5-6;/h5-12H,3-4H2,1-2H3;2*1-5H,7H2;1H4. The zero-order chi connectivity index (χ0) is 21.6. The van der Waals surface area contributed by atoms with Crippen LogP contribution in [-0.4, -0.2) is 0 Å². The zero-order valence-electron chi connectivity index (χ0n) is 18.0. The lowest BCUT2D eigenvalue weighted by molar-refractivity contribution is 1.14. The van der Waals surface area contributed by atoms with Crippen LogP contribution >= 0.6 is 0 Å². The van der Waals surface area contributed by atoms with E-state index < -0.39 is 0 Å². The van der Waals surface area contributed by atoms with Gasteiger partial charge in [-0.25, -0.2) is 0 Å². The third-order valence-corrected chi connectivity index (χ3v) is 4.66. The van der Waals surface area contributed by atoms with Crippen molar-refractivity contribution in [3.8, 4) is 11.1 Å². The molecule has 0 heterocycles. The fourth-order valence-corrected chi connectivity index (χ4v) is 2.77. The average molecular weight is 413 g/mol. The largest absolute Gasteiger partial charge is 0.399 e. The van der Waals surface area contributed by atoms with Gasteiger partial charge in [0.15, 0.2) is 0 Å². The molecule has 162 valence electrons. The fourth-order valence-electron chi connectivity index (χ4n) is 2.77. The monoisotopic (exact) mass is 412 g/mol. The van der Waals surface area contributed by atoms with Crippen LogP contribution in [0.5, 0.6) is 0 Å². The summed E-state index contributed by atoms with van der Waals surface area (Å²) in [5, 5.41) is 0. The van der Waals surface area contributed by atoms with Crippen molar-refractivity contribution in [2.24, 2.45) is 0 Å². The van der Waals surface area contributed by atoms with Crippen molar-refractivity contribution >= 4 is 11.4 Å². The molecule has 0 fully saturated rings. The molecule has 4 aromatic carbocycles. The van der Waals surface area contributed by atoms with Crippen molar-refractivity contribution in [1.29, 1.82) is 0 Å². The van der Waals surface area contributed by atoms with E-state index >= 15 is 0 Å². The summed E-state index contributed by atoms with van der Waals surface area (Å²) in [5.74, 6) is 0. The summed E-state index contributed by atoms with van der Waals surface area (Å²) in [7, 11) is 0. The number of nitrogen functional groups attached to an aromatic ring is 2. The molecule has 0 amide bonds. The number of aryl methyl sites for hydroxylation is 2. The lowest BCUT2D eigenvalue weighted by Crippen LogP contribution is -1.83. The molecule has 0 bridgehead atoms. The quantitative estimate of drug-likeness (QED) is 0.339. The smallest absolute Gasteiger partial charge is 0.0313 e. The van der Waals surface area contributed by atoms with Gasteiger partial charge in [0.25, 0.3) is 0 Å². The van der Waals surface area contributed by atoms with Gasteiger partial charge >= 0.3 is 0 Å². The first-order valence-corrected chi connectivity index (χ1v) is 10.4. The van der Waals surface area contributed by atoms with E-state index in [4.69, 9.17) is 11.5 Å². The van der Waals surface area contributed by atoms with E-state index in [1.807, 2.05) is 60.7 Å². The van der Waals surface area contributed by atoms with Crippen LogP contribution in [0.3, 0.4) is 0 Å². The first-order valence-electron chi connectivity index (χ1n) is 10.4. The number of benzene rings is 4. The molecule has 0 radical (unpaired) electrons. The molecule has 2 nitrogen and oxygen atoms in total. The predicted octanol–water partition coefficient (Wildman–Crippen LogP) is 7.65. The number of hydrogen-bond donors (Lipinski definition) is 2. The van der Waals surface area contributed by atoms with Crippen LogP contribution in [-0.2, 0) is 12.8 Å². The normalized spacial score (nSPS) is 9.23. The highest BCUT2D eigenvalue weighted by molar-refractivity contribution is 5.63. The molecule has 0 aliphatic carbocycles. The zero-order valence-corrected chi connectivity index (χ0v) is 18.0. The summed E-state index contributed by atoms with van der Waals surface area (Å²) in [6.45, 7) is 4.37.